The van der Waals surface area contributed by atoms with Crippen LogP contribution >= 0.6 is 0 Å². The Hall–Kier alpha value is -2.61. The van der Waals surface area contributed by atoms with E-state index in [9.17, 15) is 9.59 Å². The van der Waals surface area contributed by atoms with Gasteiger partial charge in [0.2, 0.25) is 0 Å². The lowest BCUT2D eigenvalue weighted by atomic mass is 10.1. The third kappa shape index (κ3) is 2.33. The van der Waals surface area contributed by atoms with Crippen LogP contribution in [0.3, 0.4) is 0 Å². The van der Waals surface area contributed by atoms with Crippen molar-refractivity contribution in [2.24, 2.45) is 7.05 Å². The van der Waals surface area contributed by atoms with Crippen LogP contribution in [0.4, 0.5) is 0 Å². The van der Waals surface area contributed by atoms with Crippen molar-refractivity contribution in [1.82, 2.24) is 9.13 Å². The first-order valence-electron chi connectivity index (χ1n) is 5.80. The van der Waals surface area contributed by atoms with E-state index in [1.807, 2.05) is 6.07 Å². The molecule has 0 aliphatic heterocycles. The minimum atomic E-state index is -0.377. The summed E-state index contributed by atoms with van der Waals surface area (Å²) in [7, 11) is 1.44. The lowest BCUT2D eigenvalue weighted by Gasteiger charge is -2.11. The molecule has 1 aromatic carbocycles. The van der Waals surface area contributed by atoms with Gasteiger partial charge in [-0.25, -0.2) is 4.79 Å². The van der Waals surface area contributed by atoms with E-state index in [0.29, 0.717) is 11.3 Å². The summed E-state index contributed by atoms with van der Waals surface area (Å²) in [4.78, 5) is 23.5. The van der Waals surface area contributed by atoms with E-state index in [4.69, 9.17) is 5.26 Å². The van der Waals surface area contributed by atoms with Crippen LogP contribution in [0.15, 0.2) is 39.9 Å². The van der Waals surface area contributed by atoms with Crippen molar-refractivity contribution >= 4 is 0 Å². The van der Waals surface area contributed by atoms with Crippen molar-refractivity contribution in [3.05, 3.63) is 68.0 Å². The fourth-order valence-electron chi connectivity index (χ4n) is 1.91. The molecular weight excluding hydrogens is 242 g/mol. The molecule has 2 aromatic rings. The fraction of sp³-hybridized carbons (Fsp3) is 0.214. The molecule has 0 spiro atoms. The Morgan fingerprint density at radius 1 is 1.26 bits per heavy atom. The Labute approximate surface area is 110 Å². The minimum absolute atomic E-state index is 0.280. The smallest absolute Gasteiger partial charge is 0.293 e. The Kier molecular flexibility index (Phi) is 3.34. The molecular formula is C14H13N3O2. The molecule has 5 heteroatoms. The highest BCUT2D eigenvalue weighted by Crippen LogP contribution is 2.09. The lowest BCUT2D eigenvalue weighted by molar-refractivity contribution is 0.627. The largest absolute Gasteiger partial charge is 0.331 e. The highest BCUT2D eigenvalue weighted by atomic mass is 16.2. The van der Waals surface area contributed by atoms with Crippen molar-refractivity contribution in [3.8, 4) is 6.07 Å². The van der Waals surface area contributed by atoms with Crippen LogP contribution in [0.25, 0.3) is 0 Å². The Morgan fingerprint density at radius 3 is 2.63 bits per heavy atom. The minimum Gasteiger partial charge on any atom is -0.293 e. The molecule has 0 radical (unpaired) electrons. The third-order valence-electron chi connectivity index (χ3n) is 3.07. The zero-order valence-electron chi connectivity index (χ0n) is 10.8. The summed E-state index contributed by atoms with van der Waals surface area (Å²) < 4.78 is 2.54. The van der Waals surface area contributed by atoms with Crippen LogP contribution in [0.2, 0.25) is 0 Å². The number of hydrogen-bond acceptors (Lipinski definition) is 3. The Morgan fingerprint density at radius 2 is 1.95 bits per heavy atom. The van der Waals surface area contributed by atoms with Crippen LogP contribution in [0, 0.1) is 18.3 Å². The summed E-state index contributed by atoms with van der Waals surface area (Å²) in [5, 5.41) is 9.04. The van der Waals surface area contributed by atoms with Gasteiger partial charge in [0.25, 0.3) is 5.56 Å². The van der Waals surface area contributed by atoms with E-state index >= 15 is 0 Å². The molecule has 0 unspecified atom stereocenters. The van der Waals surface area contributed by atoms with Gasteiger partial charge in [-0.1, -0.05) is 18.2 Å². The maximum absolute atomic E-state index is 12.1. The predicted octanol–water partition coefficient (Wildman–Crippen LogP) is 0.775. The zero-order valence-corrected chi connectivity index (χ0v) is 10.8. The molecule has 1 heterocycles. The number of aromatic nitrogens is 2. The summed E-state index contributed by atoms with van der Waals surface area (Å²) >= 11 is 0. The highest BCUT2D eigenvalue weighted by Gasteiger charge is 2.08. The molecule has 0 atom stereocenters. The number of aryl methyl sites for hydroxylation is 1. The summed E-state index contributed by atoms with van der Waals surface area (Å²) in [6.45, 7) is 1.99. The molecule has 0 aliphatic carbocycles. The fourth-order valence-corrected chi connectivity index (χ4v) is 1.91. The molecule has 0 saturated heterocycles. The first kappa shape index (κ1) is 12.8. The maximum Gasteiger partial charge on any atom is 0.331 e. The van der Waals surface area contributed by atoms with Gasteiger partial charge in [-0.05, 0) is 18.6 Å². The number of hydrogen-bond donors (Lipinski definition) is 0. The van der Waals surface area contributed by atoms with Crippen molar-refractivity contribution < 1.29 is 0 Å². The van der Waals surface area contributed by atoms with Crippen molar-refractivity contribution in [2.75, 3.05) is 0 Å². The first-order chi connectivity index (χ1) is 9.04. The normalized spacial score (nSPS) is 10.2. The zero-order chi connectivity index (χ0) is 14.0. The van der Waals surface area contributed by atoms with E-state index in [0.717, 1.165) is 10.1 Å². The van der Waals surface area contributed by atoms with Crippen molar-refractivity contribution in [1.29, 1.82) is 5.26 Å². The Balaban J connectivity index is 2.57. The van der Waals surface area contributed by atoms with Crippen LogP contribution in [-0.2, 0) is 13.6 Å². The molecule has 0 N–H and O–H groups in total. The predicted molar refractivity (Wildman–Crippen MR) is 70.9 cm³/mol. The number of rotatable bonds is 2. The topological polar surface area (TPSA) is 67.8 Å². The standard InChI is InChI=1S/C14H13N3O2/c1-10-7-13(18)16(2)14(19)17(10)9-12-6-4-3-5-11(12)8-15/h3-7H,9H2,1-2H3. The van der Waals surface area contributed by atoms with E-state index in [-0.39, 0.29) is 17.8 Å². The van der Waals surface area contributed by atoms with E-state index < -0.39 is 0 Å². The van der Waals surface area contributed by atoms with Crippen LogP contribution in [-0.4, -0.2) is 9.13 Å². The summed E-state index contributed by atoms with van der Waals surface area (Å²) in [6, 6.07) is 10.6. The van der Waals surface area contributed by atoms with Gasteiger partial charge in [0.05, 0.1) is 18.2 Å². The summed E-state index contributed by atoms with van der Waals surface area (Å²) in [5.74, 6) is 0. The summed E-state index contributed by atoms with van der Waals surface area (Å²) in [5.41, 5.74) is 1.17. The number of nitriles is 1. The second-order valence-corrected chi connectivity index (χ2v) is 4.32. The van der Waals surface area contributed by atoms with Crippen molar-refractivity contribution in [2.45, 2.75) is 13.5 Å². The van der Waals surface area contributed by atoms with Crippen LogP contribution < -0.4 is 11.2 Å². The summed E-state index contributed by atoms with van der Waals surface area (Å²) in [6.07, 6.45) is 0. The van der Waals surface area contributed by atoms with Gasteiger partial charge in [-0.3, -0.25) is 13.9 Å². The SMILES string of the molecule is Cc1cc(=O)n(C)c(=O)n1Cc1ccccc1C#N. The molecule has 1 aromatic heterocycles. The van der Waals surface area contributed by atoms with Crippen LogP contribution in [0.1, 0.15) is 16.8 Å². The van der Waals surface area contributed by atoms with Crippen LogP contribution in [0.5, 0.6) is 0 Å². The number of nitrogens with zero attached hydrogens (tertiary/aromatic N) is 3. The molecule has 2 rings (SSSR count). The molecule has 19 heavy (non-hydrogen) atoms. The third-order valence-corrected chi connectivity index (χ3v) is 3.07. The lowest BCUT2D eigenvalue weighted by Crippen LogP contribution is -2.38. The highest BCUT2D eigenvalue weighted by molar-refractivity contribution is 5.37. The number of benzene rings is 1. The average Bonchev–Trinajstić information content (AvgIpc) is 2.41. The maximum atomic E-state index is 12.1. The second-order valence-electron chi connectivity index (χ2n) is 4.32. The molecule has 0 bridgehead atoms. The van der Waals surface area contributed by atoms with Gasteiger partial charge in [0.1, 0.15) is 0 Å². The first-order valence-corrected chi connectivity index (χ1v) is 5.80. The molecule has 0 amide bonds. The monoisotopic (exact) mass is 255 g/mol. The van der Waals surface area contributed by atoms with Gasteiger partial charge < -0.3 is 0 Å². The van der Waals surface area contributed by atoms with Gasteiger partial charge in [0.15, 0.2) is 0 Å². The van der Waals surface area contributed by atoms with Gasteiger partial charge in [0, 0.05) is 18.8 Å². The molecule has 0 fully saturated rings. The van der Waals surface area contributed by atoms with E-state index in [2.05, 4.69) is 6.07 Å². The average molecular weight is 255 g/mol. The Bertz CT molecular complexity index is 778. The quantitative estimate of drug-likeness (QED) is 0.796. The molecule has 5 nitrogen and oxygen atoms in total. The molecule has 0 aliphatic rings. The van der Waals surface area contributed by atoms with E-state index in [1.54, 1.807) is 25.1 Å². The van der Waals surface area contributed by atoms with E-state index in [1.165, 1.54) is 17.7 Å². The van der Waals surface area contributed by atoms with Gasteiger partial charge >= 0.3 is 5.69 Å². The van der Waals surface area contributed by atoms with Gasteiger partial charge in [-0.2, -0.15) is 5.26 Å². The second kappa shape index (κ2) is 4.94. The molecule has 96 valence electrons. The van der Waals surface area contributed by atoms with Crippen molar-refractivity contribution in [3.63, 3.8) is 0 Å². The van der Waals surface area contributed by atoms with Gasteiger partial charge in [-0.15, -0.1) is 0 Å². The molecule has 0 saturated carbocycles.